The first-order valence-electron chi connectivity index (χ1n) is 10.3. The van der Waals surface area contributed by atoms with Crippen molar-refractivity contribution in [3.8, 4) is 0 Å². The van der Waals surface area contributed by atoms with Crippen LogP contribution >= 0.6 is 11.8 Å². The van der Waals surface area contributed by atoms with Crippen LogP contribution in [0, 0.1) is 6.92 Å². The van der Waals surface area contributed by atoms with Gasteiger partial charge in [0.05, 0.1) is 5.75 Å². The molecule has 2 amide bonds. The lowest BCUT2D eigenvalue weighted by atomic mass is 10.1. The number of nitrogens with zero attached hydrogens (tertiary/aromatic N) is 1. The number of nitrogens with one attached hydrogen (secondary N) is 1. The van der Waals surface area contributed by atoms with Gasteiger partial charge in [-0.2, -0.15) is 0 Å². The van der Waals surface area contributed by atoms with Gasteiger partial charge in [-0.25, -0.2) is 0 Å². The van der Waals surface area contributed by atoms with Gasteiger partial charge in [-0.15, -0.1) is 11.8 Å². The van der Waals surface area contributed by atoms with Crippen LogP contribution in [-0.2, 0) is 21.9 Å². The molecule has 0 fully saturated rings. The average Bonchev–Trinajstić information content (AvgIpc) is 2.74. The van der Waals surface area contributed by atoms with E-state index in [1.54, 1.807) is 16.7 Å². The number of aryl methyl sites for hydroxylation is 1. The van der Waals surface area contributed by atoms with E-state index in [1.165, 1.54) is 11.1 Å². The molecule has 1 atom stereocenters. The minimum Gasteiger partial charge on any atom is -0.354 e. The number of carbonyl (C=O) groups excluding carboxylic acids is 2. The van der Waals surface area contributed by atoms with Crippen molar-refractivity contribution in [3.63, 3.8) is 0 Å². The molecule has 156 valence electrons. The van der Waals surface area contributed by atoms with Gasteiger partial charge in [0.2, 0.25) is 11.8 Å². The molecule has 0 bridgehead atoms. The summed E-state index contributed by atoms with van der Waals surface area (Å²) in [7, 11) is 0. The summed E-state index contributed by atoms with van der Waals surface area (Å²) in [4.78, 5) is 27.6. The lowest BCUT2D eigenvalue weighted by molar-refractivity contribution is -0.139. The molecule has 0 saturated carbocycles. The number of amides is 2. The topological polar surface area (TPSA) is 49.4 Å². The van der Waals surface area contributed by atoms with Gasteiger partial charge in [0, 0.05) is 18.8 Å². The van der Waals surface area contributed by atoms with Gasteiger partial charge in [0.1, 0.15) is 6.04 Å². The monoisotopic (exact) mass is 412 g/mol. The van der Waals surface area contributed by atoms with Gasteiger partial charge in [-0.1, -0.05) is 68.4 Å². The number of benzene rings is 2. The second kappa shape index (κ2) is 12.3. The van der Waals surface area contributed by atoms with Gasteiger partial charge in [-0.05, 0) is 36.5 Å². The first kappa shape index (κ1) is 23.0. The number of rotatable bonds is 11. The molecule has 0 aromatic heterocycles. The van der Waals surface area contributed by atoms with Crippen molar-refractivity contribution in [2.75, 3.05) is 12.3 Å². The molecule has 2 aromatic rings. The molecule has 0 aliphatic rings. The summed E-state index contributed by atoms with van der Waals surface area (Å²) in [6.07, 6.45) is 1.47. The van der Waals surface area contributed by atoms with E-state index >= 15 is 0 Å². The highest BCUT2D eigenvalue weighted by Gasteiger charge is 2.28. The SMILES string of the molecule is CCCNC(=O)[C@@H](CC)N(Cc1ccccc1)C(=O)CSCc1ccccc1C. The minimum atomic E-state index is -0.451. The highest BCUT2D eigenvalue weighted by Crippen LogP contribution is 2.19. The Labute approximate surface area is 179 Å². The third-order valence-corrected chi connectivity index (χ3v) is 5.84. The zero-order chi connectivity index (χ0) is 21.1. The van der Waals surface area contributed by atoms with Crippen LogP contribution in [0.5, 0.6) is 0 Å². The molecular weight excluding hydrogens is 380 g/mol. The second-order valence-electron chi connectivity index (χ2n) is 7.14. The molecule has 0 spiro atoms. The highest BCUT2D eigenvalue weighted by atomic mass is 32.2. The molecule has 2 rings (SSSR count). The zero-order valence-corrected chi connectivity index (χ0v) is 18.5. The molecule has 0 unspecified atom stereocenters. The van der Waals surface area contributed by atoms with Crippen LogP contribution in [0.1, 0.15) is 43.4 Å². The third kappa shape index (κ3) is 7.24. The van der Waals surface area contributed by atoms with E-state index in [0.717, 1.165) is 17.7 Å². The van der Waals surface area contributed by atoms with E-state index in [2.05, 4.69) is 24.4 Å². The zero-order valence-electron chi connectivity index (χ0n) is 17.7. The van der Waals surface area contributed by atoms with Crippen LogP contribution in [0.15, 0.2) is 54.6 Å². The number of thioether (sulfide) groups is 1. The van der Waals surface area contributed by atoms with Crippen molar-refractivity contribution in [1.82, 2.24) is 10.2 Å². The van der Waals surface area contributed by atoms with Crippen molar-refractivity contribution in [2.45, 2.75) is 52.0 Å². The predicted molar refractivity (Wildman–Crippen MR) is 122 cm³/mol. The number of carbonyl (C=O) groups is 2. The van der Waals surface area contributed by atoms with E-state index in [4.69, 9.17) is 0 Å². The molecule has 29 heavy (non-hydrogen) atoms. The van der Waals surface area contributed by atoms with Crippen molar-refractivity contribution >= 4 is 23.6 Å². The third-order valence-electron chi connectivity index (χ3n) is 4.88. The fourth-order valence-corrected chi connectivity index (χ4v) is 4.16. The summed E-state index contributed by atoms with van der Waals surface area (Å²) in [5.74, 6) is 1.09. The van der Waals surface area contributed by atoms with E-state index in [1.807, 2.05) is 56.3 Å². The maximum absolute atomic E-state index is 13.1. The first-order chi connectivity index (χ1) is 14.1. The Bertz CT molecular complexity index is 779. The Kier molecular flexibility index (Phi) is 9.78. The standard InChI is InChI=1S/C24H32N2O2S/c1-4-15-25-24(28)22(5-2)26(16-20-12-7-6-8-13-20)23(27)18-29-17-21-14-10-9-11-19(21)3/h6-14,22H,4-5,15-18H2,1-3H3,(H,25,28)/t22-/m1/s1. The summed E-state index contributed by atoms with van der Waals surface area (Å²) in [5, 5.41) is 2.95. The quantitative estimate of drug-likeness (QED) is 0.588. The lowest BCUT2D eigenvalue weighted by Crippen LogP contribution is -2.49. The molecular formula is C24H32N2O2S. The smallest absolute Gasteiger partial charge is 0.242 e. The van der Waals surface area contributed by atoms with Crippen LogP contribution < -0.4 is 5.32 Å². The van der Waals surface area contributed by atoms with Crippen molar-refractivity contribution in [2.24, 2.45) is 0 Å². The first-order valence-corrected chi connectivity index (χ1v) is 11.5. The fraction of sp³-hybridized carbons (Fsp3) is 0.417. The van der Waals surface area contributed by atoms with Crippen molar-refractivity contribution in [3.05, 3.63) is 71.3 Å². The van der Waals surface area contributed by atoms with Crippen molar-refractivity contribution < 1.29 is 9.59 Å². The summed E-state index contributed by atoms with van der Waals surface area (Å²) >= 11 is 1.60. The molecule has 0 aliphatic heterocycles. The van der Waals surface area contributed by atoms with Gasteiger partial charge >= 0.3 is 0 Å². The van der Waals surface area contributed by atoms with E-state index in [9.17, 15) is 9.59 Å². The van der Waals surface area contributed by atoms with Gasteiger partial charge < -0.3 is 10.2 Å². The fourth-order valence-electron chi connectivity index (χ4n) is 3.17. The van der Waals surface area contributed by atoms with Crippen LogP contribution in [0.4, 0.5) is 0 Å². The molecule has 5 heteroatoms. The van der Waals surface area contributed by atoms with E-state index in [-0.39, 0.29) is 11.8 Å². The van der Waals surface area contributed by atoms with Crippen LogP contribution in [0.25, 0.3) is 0 Å². The Hall–Kier alpha value is -2.27. The molecule has 0 radical (unpaired) electrons. The summed E-state index contributed by atoms with van der Waals surface area (Å²) < 4.78 is 0. The summed E-state index contributed by atoms with van der Waals surface area (Å²) in [5.41, 5.74) is 3.51. The van der Waals surface area contributed by atoms with Gasteiger partial charge in [0.25, 0.3) is 0 Å². The Morgan fingerprint density at radius 1 is 1.03 bits per heavy atom. The van der Waals surface area contributed by atoms with Gasteiger partial charge in [0.15, 0.2) is 0 Å². The van der Waals surface area contributed by atoms with E-state index in [0.29, 0.717) is 25.3 Å². The largest absolute Gasteiger partial charge is 0.354 e. The van der Waals surface area contributed by atoms with Crippen LogP contribution in [0.2, 0.25) is 0 Å². The highest BCUT2D eigenvalue weighted by molar-refractivity contribution is 7.99. The molecule has 2 aromatic carbocycles. The predicted octanol–water partition coefficient (Wildman–Crippen LogP) is 4.56. The summed E-state index contributed by atoms with van der Waals surface area (Å²) in [6.45, 7) is 7.15. The van der Waals surface area contributed by atoms with Crippen LogP contribution in [-0.4, -0.2) is 35.1 Å². The number of hydrogen-bond donors (Lipinski definition) is 1. The molecule has 0 heterocycles. The molecule has 0 aliphatic carbocycles. The Balaban J connectivity index is 2.08. The maximum Gasteiger partial charge on any atom is 0.242 e. The second-order valence-corrected chi connectivity index (χ2v) is 8.13. The average molecular weight is 413 g/mol. The van der Waals surface area contributed by atoms with E-state index < -0.39 is 6.04 Å². The molecule has 0 saturated heterocycles. The maximum atomic E-state index is 13.1. The lowest BCUT2D eigenvalue weighted by Gasteiger charge is -2.30. The van der Waals surface area contributed by atoms with Crippen molar-refractivity contribution in [1.29, 1.82) is 0 Å². The summed E-state index contributed by atoms with van der Waals surface area (Å²) in [6, 6.07) is 17.7. The van der Waals surface area contributed by atoms with Crippen LogP contribution in [0.3, 0.4) is 0 Å². The minimum absolute atomic E-state index is 0.00550. The van der Waals surface area contributed by atoms with Gasteiger partial charge in [-0.3, -0.25) is 9.59 Å². The Morgan fingerprint density at radius 3 is 2.38 bits per heavy atom. The normalized spacial score (nSPS) is 11.7. The Morgan fingerprint density at radius 2 is 1.72 bits per heavy atom. The molecule has 1 N–H and O–H groups in total. The molecule has 4 nitrogen and oxygen atoms in total. The number of hydrogen-bond acceptors (Lipinski definition) is 3.